The first-order chi connectivity index (χ1) is 9.41. The van der Waals surface area contributed by atoms with Crippen molar-refractivity contribution in [2.45, 2.75) is 33.7 Å². The second kappa shape index (κ2) is 6.15. The van der Waals surface area contributed by atoms with Crippen LogP contribution in [0, 0.1) is 19.8 Å². The minimum Gasteiger partial charge on any atom is -0.155 e. The summed E-state index contributed by atoms with van der Waals surface area (Å²) in [7, 11) is -2.16. The molecule has 0 fully saturated rings. The van der Waals surface area contributed by atoms with E-state index in [-0.39, 0.29) is 0 Å². The van der Waals surface area contributed by atoms with Crippen LogP contribution in [0.3, 0.4) is 0 Å². The molecular weight excluding hydrogens is 280 g/mol. The number of halogens is 1. The summed E-state index contributed by atoms with van der Waals surface area (Å²) in [6.45, 7) is 8.83. The van der Waals surface area contributed by atoms with E-state index < -0.39 is 7.38 Å². The molecule has 1 atom stereocenters. The number of hydrogen-bond acceptors (Lipinski definition) is 0. The first-order valence-corrected chi connectivity index (χ1v) is 10.5. The normalized spacial score (nSPS) is 14.3. The third-order valence-electron chi connectivity index (χ3n) is 3.60. The van der Waals surface area contributed by atoms with Gasteiger partial charge in [-0.3, -0.25) is 0 Å². The van der Waals surface area contributed by atoms with Gasteiger partial charge >= 0.3 is 0 Å². The van der Waals surface area contributed by atoms with Crippen LogP contribution in [0.2, 0.25) is 6.04 Å². The molecule has 0 heterocycles. The molecule has 0 amide bonds. The maximum atomic E-state index is 7.27. The van der Waals surface area contributed by atoms with Crippen LogP contribution in [0.1, 0.15) is 25.0 Å². The molecule has 0 spiro atoms. The molecule has 0 saturated heterocycles. The summed E-state index contributed by atoms with van der Waals surface area (Å²) in [4.78, 5) is 0. The van der Waals surface area contributed by atoms with Crippen molar-refractivity contribution < 1.29 is 0 Å². The minimum atomic E-state index is -2.16. The quantitative estimate of drug-likeness (QED) is 0.585. The molecular formula is C18H23ClSi. The molecule has 1 unspecified atom stereocenters. The highest BCUT2D eigenvalue weighted by Gasteiger charge is 2.36. The minimum absolute atomic E-state index is 0.597. The monoisotopic (exact) mass is 302 g/mol. The fourth-order valence-corrected chi connectivity index (χ4v) is 8.07. The second-order valence-electron chi connectivity index (χ2n) is 6.14. The summed E-state index contributed by atoms with van der Waals surface area (Å²) >= 11 is 7.27. The van der Waals surface area contributed by atoms with Crippen molar-refractivity contribution in [2.24, 2.45) is 5.92 Å². The van der Waals surface area contributed by atoms with E-state index >= 15 is 0 Å². The molecule has 0 aliphatic carbocycles. The van der Waals surface area contributed by atoms with Crippen molar-refractivity contribution in [3.63, 3.8) is 0 Å². The summed E-state index contributed by atoms with van der Waals surface area (Å²) < 4.78 is 0. The zero-order chi connectivity index (χ0) is 14.8. The molecule has 2 rings (SSSR count). The van der Waals surface area contributed by atoms with Crippen molar-refractivity contribution in [2.75, 3.05) is 0 Å². The fraction of sp³-hybridized carbons (Fsp3) is 0.333. The maximum Gasteiger partial charge on any atom is 0.217 e. The van der Waals surface area contributed by atoms with Gasteiger partial charge in [0.2, 0.25) is 7.38 Å². The highest BCUT2D eigenvalue weighted by Crippen LogP contribution is 2.22. The van der Waals surface area contributed by atoms with Gasteiger partial charge in [-0.2, -0.15) is 11.1 Å². The van der Waals surface area contributed by atoms with E-state index in [1.165, 1.54) is 21.5 Å². The summed E-state index contributed by atoms with van der Waals surface area (Å²) in [5, 5.41) is 2.66. The smallest absolute Gasteiger partial charge is 0.155 e. The van der Waals surface area contributed by atoms with Crippen LogP contribution >= 0.6 is 11.1 Å². The third-order valence-corrected chi connectivity index (χ3v) is 9.20. The SMILES string of the molecule is Cc1cc(C)cc([Si](Cl)(CC(C)C)c2ccccc2)c1. The largest absolute Gasteiger partial charge is 0.217 e. The topological polar surface area (TPSA) is 0 Å². The van der Waals surface area contributed by atoms with Gasteiger partial charge in [-0.15, -0.1) is 0 Å². The Hall–Kier alpha value is -1.05. The number of rotatable bonds is 4. The Labute approximate surface area is 128 Å². The maximum absolute atomic E-state index is 7.27. The van der Waals surface area contributed by atoms with Crippen molar-refractivity contribution in [1.29, 1.82) is 0 Å². The van der Waals surface area contributed by atoms with Crippen LogP contribution in [-0.4, -0.2) is 7.38 Å². The predicted molar refractivity (Wildman–Crippen MR) is 92.9 cm³/mol. The Balaban J connectivity index is 2.57. The number of hydrogen-bond donors (Lipinski definition) is 0. The average Bonchev–Trinajstić information content (AvgIpc) is 2.37. The molecule has 2 aromatic carbocycles. The molecule has 0 aromatic heterocycles. The van der Waals surface area contributed by atoms with E-state index in [9.17, 15) is 0 Å². The average molecular weight is 303 g/mol. The van der Waals surface area contributed by atoms with E-state index in [1.54, 1.807) is 0 Å². The first kappa shape index (κ1) is 15.3. The first-order valence-electron chi connectivity index (χ1n) is 7.25. The number of benzene rings is 2. The summed E-state index contributed by atoms with van der Waals surface area (Å²) in [5.74, 6) is 0.597. The van der Waals surface area contributed by atoms with Crippen molar-refractivity contribution in [3.05, 3.63) is 59.7 Å². The summed E-state index contributed by atoms with van der Waals surface area (Å²) in [6, 6.07) is 18.5. The lowest BCUT2D eigenvalue weighted by atomic mass is 10.2. The molecule has 0 nitrogen and oxygen atoms in total. The Morgan fingerprint density at radius 2 is 1.45 bits per heavy atom. The molecule has 0 saturated carbocycles. The number of aryl methyl sites for hydroxylation is 2. The molecule has 0 aliphatic rings. The molecule has 2 aromatic rings. The van der Waals surface area contributed by atoms with E-state index in [0.717, 1.165) is 6.04 Å². The van der Waals surface area contributed by atoms with Gasteiger partial charge in [-0.1, -0.05) is 73.5 Å². The summed E-state index contributed by atoms with van der Waals surface area (Å²) in [5.41, 5.74) is 2.61. The van der Waals surface area contributed by atoms with Gasteiger partial charge in [-0.25, -0.2) is 0 Å². The Morgan fingerprint density at radius 3 is 1.95 bits per heavy atom. The second-order valence-corrected chi connectivity index (χ2v) is 11.2. The molecule has 0 radical (unpaired) electrons. The lowest BCUT2D eigenvalue weighted by molar-refractivity contribution is 0.728. The van der Waals surface area contributed by atoms with E-state index in [1.807, 2.05) is 0 Å². The Morgan fingerprint density at radius 1 is 0.900 bits per heavy atom. The summed E-state index contributed by atoms with van der Waals surface area (Å²) in [6.07, 6.45) is 0. The molecule has 20 heavy (non-hydrogen) atoms. The van der Waals surface area contributed by atoms with Crippen LogP contribution in [-0.2, 0) is 0 Å². The Kier molecular flexibility index (Phi) is 4.72. The van der Waals surface area contributed by atoms with Gasteiger partial charge in [0.25, 0.3) is 0 Å². The van der Waals surface area contributed by atoms with Gasteiger partial charge in [0, 0.05) is 0 Å². The van der Waals surface area contributed by atoms with Gasteiger partial charge in [0.05, 0.1) is 0 Å². The molecule has 106 valence electrons. The van der Waals surface area contributed by atoms with E-state index in [4.69, 9.17) is 11.1 Å². The Bertz CT molecular complexity index is 557. The molecule has 0 aliphatic heterocycles. The van der Waals surface area contributed by atoms with Crippen LogP contribution in [0.15, 0.2) is 48.5 Å². The van der Waals surface area contributed by atoms with E-state index in [2.05, 4.69) is 76.2 Å². The zero-order valence-electron chi connectivity index (χ0n) is 12.8. The molecule has 2 heteroatoms. The van der Waals surface area contributed by atoms with Crippen LogP contribution < -0.4 is 10.4 Å². The van der Waals surface area contributed by atoms with Gasteiger partial charge in [-0.05, 0) is 36.2 Å². The predicted octanol–water partition coefficient (Wildman–Crippen LogP) is 4.26. The van der Waals surface area contributed by atoms with Gasteiger partial charge in [0.15, 0.2) is 0 Å². The lowest BCUT2D eigenvalue weighted by Crippen LogP contribution is -2.54. The van der Waals surface area contributed by atoms with Crippen molar-refractivity contribution in [3.8, 4) is 0 Å². The highest BCUT2D eigenvalue weighted by molar-refractivity contribution is 7.34. The van der Waals surface area contributed by atoms with E-state index in [0.29, 0.717) is 5.92 Å². The molecule has 0 bridgehead atoms. The van der Waals surface area contributed by atoms with Crippen molar-refractivity contribution >= 4 is 28.8 Å². The van der Waals surface area contributed by atoms with Crippen LogP contribution in [0.4, 0.5) is 0 Å². The van der Waals surface area contributed by atoms with Gasteiger partial charge < -0.3 is 0 Å². The van der Waals surface area contributed by atoms with Gasteiger partial charge in [0.1, 0.15) is 0 Å². The van der Waals surface area contributed by atoms with Crippen LogP contribution in [0.5, 0.6) is 0 Å². The standard InChI is InChI=1S/C18H23ClSi/c1-14(2)13-20(19,17-8-6-5-7-9-17)18-11-15(3)10-16(4)12-18/h5-12,14H,13H2,1-4H3. The van der Waals surface area contributed by atoms with Crippen LogP contribution in [0.25, 0.3) is 0 Å². The zero-order valence-corrected chi connectivity index (χ0v) is 14.5. The van der Waals surface area contributed by atoms with Crippen molar-refractivity contribution in [1.82, 2.24) is 0 Å². The lowest BCUT2D eigenvalue weighted by Gasteiger charge is -2.28. The highest BCUT2D eigenvalue weighted by atomic mass is 35.6. The fourth-order valence-electron chi connectivity index (χ4n) is 2.87. The molecule has 0 N–H and O–H groups in total. The third kappa shape index (κ3) is 3.34.